The normalized spacial score (nSPS) is 19.1. The van der Waals surface area contributed by atoms with Gasteiger partial charge in [-0.2, -0.15) is 0 Å². The predicted molar refractivity (Wildman–Crippen MR) is 88.6 cm³/mol. The number of aryl methyl sites for hydroxylation is 2. The van der Waals surface area contributed by atoms with Crippen molar-refractivity contribution in [2.45, 2.75) is 32.8 Å². The van der Waals surface area contributed by atoms with E-state index in [0.717, 1.165) is 24.6 Å². The second-order valence-electron chi connectivity index (χ2n) is 6.83. The molecule has 0 aliphatic carbocycles. The van der Waals surface area contributed by atoms with E-state index in [-0.39, 0.29) is 6.10 Å². The topological polar surface area (TPSA) is 26.7 Å². The van der Waals surface area contributed by atoms with Crippen LogP contribution in [0.15, 0.2) is 18.2 Å². The van der Waals surface area contributed by atoms with Gasteiger partial charge in [0.1, 0.15) is 0 Å². The van der Waals surface area contributed by atoms with Gasteiger partial charge in [0.2, 0.25) is 0 Å². The summed E-state index contributed by atoms with van der Waals surface area (Å²) >= 11 is 0. The quantitative estimate of drug-likeness (QED) is 0.903. The molecule has 1 unspecified atom stereocenters. The van der Waals surface area contributed by atoms with Crippen LogP contribution in [0.1, 0.15) is 35.6 Å². The largest absolute Gasteiger partial charge is 0.387 e. The molecule has 1 aromatic carbocycles. The first-order valence-electron chi connectivity index (χ1n) is 8.08. The molecule has 1 fully saturated rings. The maximum atomic E-state index is 10.4. The van der Waals surface area contributed by atoms with Gasteiger partial charge >= 0.3 is 0 Å². The van der Waals surface area contributed by atoms with Crippen LogP contribution in [0.25, 0.3) is 0 Å². The van der Waals surface area contributed by atoms with E-state index in [0.29, 0.717) is 0 Å². The van der Waals surface area contributed by atoms with Crippen LogP contribution in [0, 0.1) is 19.8 Å². The second-order valence-corrected chi connectivity index (χ2v) is 6.83. The van der Waals surface area contributed by atoms with Crippen LogP contribution in [0.3, 0.4) is 0 Å². The standard InChI is InChI=1S/C18H30N2O/c1-14-5-6-17(11-15(14)2)18(21)13-20(4)12-16-7-9-19(3)10-8-16/h5-6,11,16,18,21H,7-10,12-13H2,1-4H3. The molecule has 0 amide bonds. The molecule has 1 aliphatic rings. The Bertz CT molecular complexity index is 453. The Balaban J connectivity index is 1.83. The molecule has 3 heteroatoms. The molecule has 21 heavy (non-hydrogen) atoms. The number of piperidine rings is 1. The van der Waals surface area contributed by atoms with E-state index in [1.807, 2.05) is 0 Å². The number of aliphatic hydroxyl groups excluding tert-OH is 1. The number of hydrogen-bond acceptors (Lipinski definition) is 3. The van der Waals surface area contributed by atoms with Crippen LogP contribution in [0.5, 0.6) is 0 Å². The molecule has 1 aromatic rings. The summed E-state index contributed by atoms with van der Waals surface area (Å²) in [5.74, 6) is 0.776. The fourth-order valence-electron chi connectivity index (χ4n) is 3.13. The van der Waals surface area contributed by atoms with Gasteiger partial charge in [0.15, 0.2) is 0 Å². The number of aliphatic hydroxyl groups is 1. The molecule has 0 bridgehead atoms. The third-order valence-electron chi connectivity index (χ3n) is 4.81. The summed E-state index contributed by atoms with van der Waals surface area (Å²) in [5, 5.41) is 10.4. The highest BCUT2D eigenvalue weighted by Crippen LogP contribution is 2.20. The molecule has 0 radical (unpaired) electrons. The summed E-state index contributed by atoms with van der Waals surface area (Å²) in [7, 11) is 4.33. The van der Waals surface area contributed by atoms with Crippen molar-refractivity contribution < 1.29 is 5.11 Å². The van der Waals surface area contributed by atoms with Gasteiger partial charge in [-0.15, -0.1) is 0 Å². The predicted octanol–water partition coefficient (Wildman–Crippen LogP) is 2.61. The first-order valence-corrected chi connectivity index (χ1v) is 8.08. The molecular formula is C18H30N2O. The Labute approximate surface area is 129 Å². The smallest absolute Gasteiger partial charge is 0.0916 e. The van der Waals surface area contributed by atoms with Crippen LogP contribution in [-0.4, -0.2) is 55.2 Å². The molecule has 3 nitrogen and oxygen atoms in total. The van der Waals surface area contributed by atoms with E-state index < -0.39 is 0 Å². The molecule has 1 N–H and O–H groups in total. The van der Waals surface area contributed by atoms with Crippen LogP contribution in [-0.2, 0) is 0 Å². The average molecular weight is 290 g/mol. The molecule has 1 aliphatic heterocycles. The molecule has 1 saturated heterocycles. The molecule has 0 spiro atoms. The lowest BCUT2D eigenvalue weighted by atomic mass is 9.96. The second kappa shape index (κ2) is 7.39. The van der Waals surface area contributed by atoms with Gasteiger partial charge in [-0.05, 0) is 76.5 Å². The molecule has 1 atom stereocenters. The van der Waals surface area contributed by atoms with Crippen molar-refractivity contribution in [2.75, 3.05) is 40.3 Å². The van der Waals surface area contributed by atoms with E-state index in [4.69, 9.17) is 0 Å². The maximum absolute atomic E-state index is 10.4. The molecule has 0 saturated carbocycles. The monoisotopic (exact) mass is 290 g/mol. The summed E-state index contributed by atoms with van der Waals surface area (Å²) in [6.45, 7) is 8.44. The Kier molecular flexibility index (Phi) is 5.80. The van der Waals surface area contributed by atoms with Crippen LogP contribution in [0.4, 0.5) is 0 Å². The number of rotatable bonds is 5. The Morgan fingerprint density at radius 3 is 2.52 bits per heavy atom. The highest BCUT2D eigenvalue weighted by Gasteiger charge is 2.19. The zero-order chi connectivity index (χ0) is 15.4. The van der Waals surface area contributed by atoms with Gasteiger partial charge in [0, 0.05) is 13.1 Å². The fourth-order valence-corrected chi connectivity index (χ4v) is 3.13. The van der Waals surface area contributed by atoms with E-state index in [1.165, 1.54) is 37.1 Å². The average Bonchev–Trinajstić information content (AvgIpc) is 2.44. The molecule has 0 aromatic heterocycles. The highest BCUT2D eigenvalue weighted by atomic mass is 16.3. The fraction of sp³-hybridized carbons (Fsp3) is 0.667. The van der Waals surface area contributed by atoms with Crippen molar-refractivity contribution in [1.29, 1.82) is 0 Å². The molecule has 1 heterocycles. The SMILES string of the molecule is Cc1ccc(C(O)CN(C)CC2CCN(C)CC2)cc1C. The van der Waals surface area contributed by atoms with Crippen LogP contribution in [0.2, 0.25) is 0 Å². The summed E-state index contributed by atoms with van der Waals surface area (Å²) in [4.78, 5) is 4.69. The summed E-state index contributed by atoms with van der Waals surface area (Å²) < 4.78 is 0. The van der Waals surface area contributed by atoms with E-state index >= 15 is 0 Å². The lowest BCUT2D eigenvalue weighted by molar-refractivity contribution is 0.106. The van der Waals surface area contributed by atoms with Crippen molar-refractivity contribution in [3.05, 3.63) is 34.9 Å². The van der Waals surface area contributed by atoms with Crippen molar-refractivity contribution in [3.63, 3.8) is 0 Å². The Morgan fingerprint density at radius 2 is 1.90 bits per heavy atom. The molecule has 118 valence electrons. The lowest BCUT2D eigenvalue weighted by Crippen LogP contribution is -2.37. The number of nitrogens with zero attached hydrogens (tertiary/aromatic N) is 2. The van der Waals surface area contributed by atoms with Crippen molar-refractivity contribution >= 4 is 0 Å². The van der Waals surface area contributed by atoms with Gasteiger partial charge in [0.05, 0.1) is 6.10 Å². The van der Waals surface area contributed by atoms with Gasteiger partial charge in [-0.25, -0.2) is 0 Å². The van der Waals surface area contributed by atoms with E-state index in [1.54, 1.807) is 0 Å². The third-order valence-corrected chi connectivity index (χ3v) is 4.81. The Hall–Kier alpha value is -0.900. The molecule has 2 rings (SSSR count). The van der Waals surface area contributed by atoms with E-state index in [2.05, 4.69) is 55.9 Å². The van der Waals surface area contributed by atoms with Crippen molar-refractivity contribution in [1.82, 2.24) is 9.80 Å². The van der Waals surface area contributed by atoms with E-state index in [9.17, 15) is 5.11 Å². The van der Waals surface area contributed by atoms with Crippen molar-refractivity contribution in [2.24, 2.45) is 5.92 Å². The highest BCUT2D eigenvalue weighted by molar-refractivity contribution is 5.31. The number of hydrogen-bond donors (Lipinski definition) is 1. The van der Waals surface area contributed by atoms with Gasteiger partial charge < -0.3 is 14.9 Å². The minimum absolute atomic E-state index is 0.388. The van der Waals surface area contributed by atoms with Crippen LogP contribution < -0.4 is 0 Å². The van der Waals surface area contributed by atoms with Gasteiger partial charge in [0.25, 0.3) is 0 Å². The maximum Gasteiger partial charge on any atom is 0.0916 e. The lowest BCUT2D eigenvalue weighted by Gasteiger charge is -2.32. The summed E-state index contributed by atoms with van der Waals surface area (Å²) in [5.41, 5.74) is 3.57. The Morgan fingerprint density at radius 1 is 1.24 bits per heavy atom. The zero-order valence-corrected chi connectivity index (χ0v) is 14.0. The van der Waals surface area contributed by atoms with Gasteiger partial charge in [-0.3, -0.25) is 0 Å². The van der Waals surface area contributed by atoms with Crippen LogP contribution >= 0.6 is 0 Å². The minimum atomic E-state index is -0.388. The third kappa shape index (κ3) is 4.80. The first kappa shape index (κ1) is 16.5. The minimum Gasteiger partial charge on any atom is -0.387 e. The molecular weight excluding hydrogens is 260 g/mol. The number of benzene rings is 1. The van der Waals surface area contributed by atoms with Crippen molar-refractivity contribution in [3.8, 4) is 0 Å². The zero-order valence-electron chi connectivity index (χ0n) is 14.0. The first-order chi connectivity index (χ1) is 9.95. The number of likely N-dealkylation sites (tertiary alicyclic amines) is 1. The van der Waals surface area contributed by atoms with Gasteiger partial charge in [-0.1, -0.05) is 18.2 Å². The number of likely N-dealkylation sites (N-methyl/N-ethyl adjacent to an activating group) is 1. The summed E-state index contributed by atoms with van der Waals surface area (Å²) in [6.07, 6.45) is 2.17. The summed E-state index contributed by atoms with van der Waals surface area (Å²) in [6, 6.07) is 6.27.